The smallest absolute Gasteiger partial charge is 0.258 e. The number of pyridine rings is 1. The molecule has 1 aromatic heterocycles. The molecule has 1 heterocycles. The minimum absolute atomic E-state index is 0. The van der Waals surface area contributed by atoms with E-state index in [1.54, 1.807) is 0 Å². The van der Waals surface area contributed by atoms with Gasteiger partial charge in [0.25, 0.3) is 5.56 Å². The van der Waals surface area contributed by atoms with Crippen LogP contribution in [0.3, 0.4) is 0 Å². The van der Waals surface area contributed by atoms with Crippen LogP contribution in [0.4, 0.5) is 0 Å². The molecule has 2 aromatic carbocycles. The molecule has 0 saturated heterocycles. The summed E-state index contributed by atoms with van der Waals surface area (Å²) < 4.78 is 1.82. The van der Waals surface area contributed by atoms with E-state index < -0.39 is 0 Å². The number of rotatable bonds is 4. The van der Waals surface area contributed by atoms with Gasteiger partial charge in [-0.2, -0.15) is 0 Å². The molecule has 0 saturated carbocycles. The molecular weight excluding hydrogens is 308 g/mol. The van der Waals surface area contributed by atoms with Crippen LogP contribution >= 0.6 is 12.4 Å². The molecule has 0 unspecified atom stereocenters. The molecule has 0 spiro atoms. The molecule has 0 aliphatic heterocycles. The maximum absolute atomic E-state index is 12.7. The molecule has 0 atom stereocenters. The van der Waals surface area contributed by atoms with Crippen LogP contribution in [-0.2, 0) is 6.54 Å². The van der Waals surface area contributed by atoms with Crippen molar-refractivity contribution in [3.8, 4) is 11.1 Å². The number of likely N-dealkylation sites (N-methyl/N-ethyl adjacent to an activating group) is 1. The van der Waals surface area contributed by atoms with Crippen LogP contribution in [0.25, 0.3) is 21.9 Å². The topological polar surface area (TPSA) is 25.2 Å². The van der Waals surface area contributed by atoms with Crippen molar-refractivity contribution in [3.63, 3.8) is 0 Å². The monoisotopic (exact) mass is 328 g/mol. The van der Waals surface area contributed by atoms with Gasteiger partial charge in [-0.3, -0.25) is 4.79 Å². The predicted molar refractivity (Wildman–Crippen MR) is 99.4 cm³/mol. The first-order chi connectivity index (χ1) is 10.7. The third-order valence-electron chi connectivity index (χ3n) is 3.87. The summed E-state index contributed by atoms with van der Waals surface area (Å²) in [6, 6.07) is 18.1. The Kier molecular flexibility index (Phi) is 5.59. The second kappa shape index (κ2) is 7.44. The van der Waals surface area contributed by atoms with Gasteiger partial charge in [0.2, 0.25) is 0 Å². The highest BCUT2D eigenvalue weighted by Crippen LogP contribution is 2.26. The quantitative estimate of drug-likeness (QED) is 0.730. The fraction of sp³-hybridized carbons (Fsp3) is 0.211. The first-order valence-electron chi connectivity index (χ1n) is 7.49. The lowest BCUT2D eigenvalue weighted by Crippen LogP contribution is -2.26. The molecule has 0 N–H and O–H groups in total. The van der Waals surface area contributed by atoms with Crippen molar-refractivity contribution in [1.29, 1.82) is 0 Å². The van der Waals surface area contributed by atoms with Gasteiger partial charge in [-0.05, 0) is 31.1 Å². The van der Waals surface area contributed by atoms with Crippen LogP contribution < -0.4 is 5.56 Å². The highest BCUT2D eigenvalue weighted by Gasteiger charge is 2.10. The van der Waals surface area contributed by atoms with Crippen molar-refractivity contribution in [2.75, 3.05) is 20.6 Å². The van der Waals surface area contributed by atoms with E-state index in [9.17, 15) is 4.79 Å². The first-order valence-corrected chi connectivity index (χ1v) is 7.49. The molecule has 23 heavy (non-hydrogen) atoms. The Bertz CT molecular complexity index is 841. The lowest BCUT2D eigenvalue weighted by molar-refractivity contribution is 0.381. The highest BCUT2D eigenvalue weighted by molar-refractivity contribution is 5.95. The van der Waals surface area contributed by atoms with Crippen LogP contribution in [0.2, 0.25) is 0 Å². The summed E-state index contributed by atoms with van der Waals surface area (Å²) in [6.07, 6.45) is 1.99. The predicted octanol–water partition coefficient (Wildman–Crippen LogP) is 3.65. The number of benzene rings is 2. The van der Waals surface area contributed by atoms with E-state index in [4.69, 9.17) is 0 Å². The van der Waals surface area contributed by atoms with E-state index in [1.165, 1.54) is 0 Å². The van der Waals surface area contributed by atoms with E-state index in [1.807, 2.05) is 67.3 Å². The van der Waals surface area contributed by atoms with Gasteiger partial charge >= 0.3 is 0 Å². The summed E-state index contributed by atoms with van der Waals surface area (Å²) in [5, 5.41) is 1.79. The molecule has 3 aromatic rings. The standard InChI is InChI=1S/C19H20N2O.ClH/c1-20(2)12-13-21-14-18(15-8-4-3-5-9-15)16-10-6-7-11-17(16)19(21)22;/h3-11,14H,12-13H2,1-2H3;1H. The average Bonchev–Trinajstić information content (AvgIpc) is 2.55. The maximum atomic E-state index is 12.7. The summed E-state index contributed by atoms with van der Waals surface area (Å²) >= 11 is 0. The van der Waals surface area contributed by atoms with Crippen molar-refractivity contribution < 1.29 is 0 Å². The van der Waals surface area contributed by atoms with Crippen molar-refractivity contribution in [2.24, 2.45) is 0 Å². The third-order valence-corrected chi connectivity index (χ3v) is 3.87. The zero-order chi connectivity index (χ0) is 15.5. The second-order valence-corrected chi connectivity index (χ2v) is 5.76. The summed E-state index contributed by atoms with van der Waals surface area (Å²) in [5.41, 5.74) is 2.32. The summed E-state index contributed by atoms with van der Waals surface area (Å²) in [7, 11) is 4.04. The van der Waals surface area contributed by atoms with E-state index in [0.29, 0.717) is 6.54 Å². The molecule has 4 heteroatoms. The Balaban J connectivity index is 0.00000192. The lowest BCUT2D eigenvalue weighted by Gasteiger charge is -2.15. The van der Waals surface area contributed by atoms with Gasteiger partial charge in [0, 0.05) is 30.2 Å². The number of nitrogens with zero attached hydrogens (tertiary/aromatic N) is 2. The largest absolute Gasteiger partial charge is 0.313 e. The van der Waals surface area contributed by atoms with Crippen LogP contribution in [-0.4, -0.2) is 30.1 Å². The third kappa shape index (κ3) is 3.63. The fourth-order valence-corrected chi connectivity index (χ4v) is 2.66. The number of hydrogen-bond donors (Lipinski definition) is 0. The Morgan fingerprint density at radius 3 is 2.17 bits per heavy atom. The number of halogens is 1. The average molecular weight is 329 g/mol. The Morgan fingerprint density at radius 1 is 0.913 bits per heavy atom. The molecule has 3 rings (SSSR count). The summed E-state index contributed by atoms with van der Waals surface area (Å²) in [5.74, 6) is 0. The van der Waals surface area contributed by atoms with Crippen LogP contribution in [0, 0.1) is 0 Å². The van der Waals surface area contributed by atoms with E-state index in [-0.39, 0.29) is 18.0 Å². The fourth-order valence-electron chi connectivity index (χ4n) is 2.66. The van der Waals surface area contributed by atoms with Gasteiger partial charge in [-0.25, -0.2) is 0 Å². The lowest BCUT2D eigenvalue weighted by atomic mass is 10.0. The number of hydrogen-bond acceptors (Lipinski definition) is 2. The zero-order valence-corrected chi connectivity index (χ0v) is 14.2. The van der Waals surface area contributed by atoms with Crippen molar-refractivity contribution >= 4 is 23.2 Å². The molecule has 0 aliphatic rings. The molecule has 0 aliphatic carbocycles. The molecule has 0 amide bonds. The van der Waals surface area contributed by atoms with Crippen molar-refractivity contribution in [1.82, 2.24) is 9.47 Å². The summed E-state index contributed by atoms with van der Waals surface area (Å²) in [4.78, 5) is 14.8. The van der Waals surface area contributed by atoms with Crippen LogP contribution in [0.1, 0.15) is 0 Å². The van der Waals surface area contributed by atoms with Gasteiger partial charge in [-0.15, -0.1) is 12.4 Å². The first kappa shape index (κ1) is 17.3. The SMILES string of the molecule is CN(C)CCn1cc(-c2ccccc2)c2ccccc2c1=O.Cl. The van der Waals surface area contributed by atoms with E-state index in [2.05, 4.69) is 17.0 Å². The van der Waals surface area contributed by atoms with Gasteiger partial charge in [0.05, 0.1) is 0 Å². The van der Waals surface area contributed by atoms with Gasteiger partial charge in [0.15, 0.2) is 0 Å². The van der Waals surface area contributed by atoms with Gasteiger partial charge < -0.3 is 9.47 Å². The molecule has 120 valence electrons. The van der Waals surface area contributed by atoms with Crippen LogP contribution in [0.15, 0.2) is 65.6 Å². The van der Waals surface area contributed by atoms with Gasteiger partial charge in [-0.1, -0.05) is 48.5 Å². The number of aromatic nitrogens is 1. The Morgan fingerprint density at radius 2 is 1.52 bits per heavy atom. The van der Waals surface area contributed by atoms with E-state index in [0.717, 1.165) is 28.4 Å². The van der Waals surface area contributed by atoms with Gasteiger partial charge in [0.1, 0.15) is 0 Å². The Hall–Kier alpha value is -2.10. The number of fused-ring (bicyclic) bond motifs is 1. The maximum Gasteiger partial charge on any atom is 0.258 e. The molecule has 0 fully saturated rings. The highest BCUT2D eigenvalue weighted by atomic mass is 35.5. The molecule has 0 bridgehead atoms. The normalized spacial score (nSPS) is 10.7. The molecular formula is C19H21ClN2O. The van der Waals surface area contributed by atoms with Crippen molar-refractivity contribution in [2.45, 2.75) is 6.54 Å². The minimum atomic E-state index is 0. The second-order valence-electron chi connectivity index (χ2n) is 5.76. The Labute approximate surface area is 142 Å². The van der Waals surface area contributed by atoms with Crippen LogP contribution in [0.5, 0.6) is 0 Å². The van der Waals surface area contributed by atoms with E-state index >= 15 is 0 Å². The van der Waals surface area contributed by atoms with Crippen molar-refractivity contribution in [3.05, 3.63) is 71.1 Å². The summed E-state index contributed by atoms with van der Waals surface area (Å²) in [6.45, 7) is 1.53. The minimum Gasteiger partial charge on any atom is -0.313 e. The molecule has 3 nitrogen and oxygen atoms in total. The zero-order valence-electron chi connectivity index (χ0n) is 13.4. The molecule has 0 radical (unpaired) electrons.